The molecule has 1 rings (SSSR count). The third kappa shape index (κ3) is 10.00. The first kappa shape index (κ1) is 27.9. The fourth-order valence-corrected chi connectivity index (χ4v) is 4.09. The molecule has 4 heteroatoms. The Morgan fingerprint density at radius 2 is 1.41 bits per heavy atom. The predicted molar refractivity (Wildman–Crippen MR) is 125 cm³/mol. The third-order valence-electron chi connectivity index (χ3n) is 6.59. The molecule has 0 radical (unpaired) electrons. The van der Waals surface area contributed by atoms with E-state index in [0.717, 1.165) is 38.5 Å². The van der Waals surface area contributed by atoms with Gasteiger partial charge in [-0.2, -0.15) is 0 Å². The van der Waals surface area contributed by atoms with Crippen molar-refractivity contribution in [2.75, 3.05) is 14.1 Å². The highest BCUT2D eigenvalue weighted by atomic mass is 16.2. The molecule has 3 unspecified atom stereocenters. The second-order valence-electron chi connectivity index (χ2n) is 9.07. The van der Waals surface area contributed by atoms with Gasteiger partial charge < -0.3 is 9.80 Å². The molecule has 1 saturated carbocycles. The number of hydrogen-bond donors (Lipinski definition) is 0. The Morgan fingerprint density at radius 1 is 0.862 bits per heavy atom. The zero-order chi connectivity index (χ0) is 22.4. The van der Waals surface area contributed by atoms with Gasteiger partial charge in [0.05, 0.1) is 0 Å². The molecule has 0 N–H and O–H groups in total. The van der Waals surface area contributed by atoms with Crippen molar-refractivity contribution in [1.29, 1.82) is 0 Å². The number of rotatable bonds is 10. The highest BCUT2D eigenvalue weighted by Gasteiger charge is 2.30. The van der Waals surface area contributed by atoms with Crippen molar-refractivity contribution in [2.24, 2.45) is 11.8 Å². The molecule has 29 heavy (non-hydrogen) atoms. The quantitative estimate of drug-likeness (QED) is 0.425. The maximum Gasteiger partial charge on any atom is 0.225 e. The first-order chi connectivity index (χ1) is 13.7. The van der Waals surface area contributed by atoms with E-state index in [4.69, 9.17) is 0 Å². The maximum absolute atomic E-state index is 12.8. The zero-order valence-electron chi connectivity index (χ0n) is 20.8. The van der Waals surface area contributed by atoms with E-state index < -0.39 is 0 Å². The molecule has 0 heterocycles. The minimum absolute atomic E-state index is 0.0825. The lowest BCUT2D eigenvalue weighted by Crippen LogP contribution is -2.46. The summed E-state index contributed by atoms with van der Waals surface area (Å²) in [6.07, 6.45) is 12.1. The van der Waals surface area contributed by atoms with Crippen molar-refractivity contribution in [2.45, 2.75) is 124 Å². The molecule has 0 saturated heterocycles. The Hall–Kier alpha value is -1.06. The van der Waals surface area contributed by atoms with Gasteiger partial charge in [-0.25, -0.2) is 0 Å². The SMILES string of the molecule is CCCC.CCCC(C)C(=O)N(C)C(C)CC(CC)N(C)C(=O)C1CCCCC1. The number of unbranched alkanes of at least 4 members (excludes halogenated alkanes) is 1. The first-order valence-electron chi connectivity index (χ1n) is 12.3. The minimum Gasteiger partial charge on any atom is -0.343 e. The molecular formula is C25H50N2O2. The van der Waals surface area contributed by atoms with Crippen molar-refractivity contribution >= 4 is 11.8 Å². The third-order valence-corrected chi connectivity index (χ3v) is 6.59. The van der Waals surface area contributed by atoms with Gasteiger partial charge in [0.1, 0.15) is 0 Å². The van der Waals surface area contributed by atoms with Gasteiger partial charge in [-0.05, 0) is 39.0 Å². The minimum atomic E-state index is 0.0825. The average molecular weight is 411 g/mol. The Balaban J connectivity index is 0.00000178. The fourth-order valence-electron chi connectivity index (χ4n) is 4.09. The molecule has 0 aromatic rings. The number of nitrogens with zero attached hydrogens (tertiary/aromatic N) is 2. The lowest BCUT2D eigenvalue weighted by atomic mass is 9.87. The van der Waals surface area contributed by atoms with Crippen LogP contribution in [0, 0.1) is 11.8 Å². The van der Waals surface area contributed by atoms with Crippen molar-refractivity contribution in [3.63, 3.8) is 0 Å². The molecule has 1 aliphatic carbocycles. The summed E-state index contributed by atoms with van der Waals surface area (Å²) in [6, 6.07) is 0.361. The number of carbonyl (C=O) groups is 2. The Kier molecular flexibility index (Phi) is 15.2. The lowest BCUT2D eigenvalue weighted by molar-refractivity contribution is -0.138. The van der Waals surface area contributed by atoms with Gasteiger partial charge in [0.2, 0.25) is 11.8 Å². The summed E-state index contributed by atoms with van der Waals surface area (Å²) >= 11 is 0. The second kappa shape index (κ2) is 15.7. The second-order valence-corrected chi connectivity index (χ2v) is 9.07. The fraction of sp³-hybridized carbons (Fsp3) is 0.920. The highest BCUT2D eigenvalue weighted by molar-refractivity contribution is 5.79. The van der Waals surface area contributed by atoms with Crippen LogP contribution in [0.25, 0.3) is 0 Å². The molecule has 0 spiro atoms. The van der Waals surface area contributed by atoms with Crippen LogP contribution >= 0.6 is 0 Å². The van der Waals surface area contributed by atoms with Gasteiger partial charge in [-0.1, -0.05) is 73.1 Å². The van der Waals surface area contributed by atoms with Crippen molar-refractivity contribution in [3.8, 4) is 0 Å². The Morgan fingerprint density at radius 3 is 1.86 bits per heavy atom. The number of carbonyl (C=O) groups excluding carboxylic acids is 2. The van der Waals surface area contributed by atoms with Gasteiger partial charge in [0.25, 0.3) is 0 Å². The van der Waals surface area contributed by atoms with Gasteiger partial charge in [0.15, 0.2) is 0 Å². The Bertz CT molecular complexity index is 444. The number of hydrogen-bond acceptors (Lipinski definition) is 2. The average Bonchev–Trinajstić information content (AvgIpc) is 2.76. The molecule has 3 atom stereocenters. The van der Waals surface area contributed by atoms with Gasteiger partial charge in [-0.3, -0.25) is 9.59 Å². The van der Waals surface area contributed by atoms with Gasteiger partial charge in [0, 0.05) is 38.0 Å². The van der Waals surface area contributed by atoms with Crippen LogP contribution < -0.4 is 0 Å². The van der Waals surface area contributed by atoms with Crippen LogP contribution in [0.15, 0.2) is 0 Å². The smallest absolute Gasteiger partial charge is 0.225 e. The molecule has 0 aliphatic heterocycles. The molecule has 0 aromatic heterocycles. The van der Waals surface area contributed by atoms with E-state index in [-0.39, 0.29) is 29.8 Å². The summed E-state index contributed by atoms with van der Waals surface area (Å²) < 4.78 is 0. The summed E-state index contributed by atoms with van der Waals surface area (Å²) in [4.78, 5) is 29.2. The van der Waals surface area contributed by atoms with Crippen LogP contribution in [-0.2, 0) is 9.59 Å². The van der Waals surface area contributed by atoms with E-state index in [1.165, 1.54) is 32.1 Å². The summed E-state index contributed by atoms with van der Waals surface area (Å²) in [7, 11) is 3.87. The van der Waals surface area contributed by atoms with E-state index in [9.17, 15) is 9.59 Å². The van der Waals surface area contributed by atoms with E-state index in [1.807, 2.05) is 30.8 Å². The summed E-state index contributed by atoms with van der Waals surface area (Å²) in [5, 5.41) is 0. The van der Waals surface area contributed by atoms with E-state index >= 15 is 0 Å². The Labute approximate surface area is 181 Å². The van der Waals surface area contributed by atoms with Gasteiger partial charge in [-0.15, -0.1) is 0 Å². The topological polar surface area (TPSA) is 40.6 Å². The standard InChI is InChI=1S/C21H40N2O2.C4H10/c1-7-12-16(3)20(24)22(5)17(4)15-19(8-2)23(6)21(25)18-13-10-9-11-14-18;1-3-4-2/h16-19H,7-15H2,1-6H3;3-4H2,1-2H3. The molecule has 1 fully saturated rings. The molecule has 1 aliphatic rings. The van der Waals surface area contributed by atoms with Crippen LogP contribution in [0.1, 0.15) is 112 Å². The normalized spacial score (nSPS) is 17.5. The molecule has 2 amide bonds. The molecule has 0 aromatic carbocycles. The highest BCUT2D eigenvalue weighted by Crippen LogP contribution is 2.27. The first-order valence-corrected chi connectivity index (χ1v) is 12.3. The lowest BCUT2D eigenvalue weighted by Gasteiger charge is -2.36. The monoisotopic (exact) mass is 410 g/mol. The van der Waals surface area contributed by atoms with E-state index in [0.29, 0.717) is 5.91 Å². The van der Waals surface area contributed by atoms with Crippen LogP contribution in [0.4, 0.5) is 0 Å². The van der Waals surface area contributed by atoms with E-state index in [1.54, 1.807) is 0 Å². The van der Waals surface area contributed by atoms with E-state index in [2.05, 4.69) is 34.6 Å². The number of amides is 2. The maximum atomic E-state index is 12.8. The summed E-state index contributed by atoms with van der Waals surface area (Å²) in [5.41, 5.74) is 0. The van der Waals surface area contributed by atoms with Crippen molar-refractivity contribution < 1.29 is 9.59 Å². The van der Waals surface area contributed by atoms with Crippen LogP contribution in [0.3, 0.4) is 0 Å². The zero-order valence-corrected chi connectivity index (χ0v) is 20.8. The molecular weight excluding hydrogens is 360 g/mol. The predicted octanol–water partition coefficient (Wildman–Crippen LogP) is 6.28. The van der Waals surface area contributed by atoms with Crippen molar-refractivity contribution in [3.05, 3.63) is 0 Å². The van der Waals surface area contributed by atoms with Gasteiger partial charge >= 0.3 is 0 Å². The largest absolute Gasteiger partial charge is 0.343 e. The van der Waals surface area contributed by atoms with Crippen LogP contribution in [-0.4, -0.2) is 47.8 Å². The van der Waals surface area contributed by atoms with Crippen LogP contribution in [0.2, 0.25) is 0 Å². The van der Waals surface area contributed by atoms with Crippen LogP contribution in [0.5, 0.6) is 0 Å². The molecule has 172 valence electrons. The summed E-state index contributed by atoms with van der Waals surface area (Å²) in [6.45, 7) is 12.7. The van der Waals surface area contributed by atoms with Crippen molar-refractivity contribution in [1.82, 2.24) is 9.80 Å². The molecule has 0 bridgehead atoms. The molecule has 4 nitrogen and oxygen atoms in total. The summed E-state index contributed by atoms with van der Waals surface area (Å²) in [5.74, 6) is 0.837.